The Balaban J connectivity index is 2.61. The standard InChI is InChI=1S/C14H21NO4/c1-3-18-8-7-14(17)15-12-5-6-13(19-4-2)11(9-12)10-16/h5-6,9,16H,3-4,7-8,10H2,1-2H3,(H,15,17). The molecule has 0 unspecified atom stereocenters. The highest BCUT2D eigenvalue weighted by atomic mass is 16.5. The van der Waals surface area contributed by atoms with Gasteiger partial charge >= 0.3 is 0 Å². The Morgan fingerprint density at radius 1 is 1.32 bits per heavy atom. The first-order valence-electron chi connectivity index (χ1n) is 6.45. The minimum atomic E-state index is -0.127. The maximum atomic E-state index is 11.6. The summed E-state index contributed by atoms with van der Waals surface area (Å²) in [6, 6.07) is 5.21. The summed E-state index contributed by atoms with van der Waals surface area (Å²) < 4.78 is 10.5. The Hall–Kier alpha value is -1.59. The number of aliphatic hydroxyl groups excluding tert-OH is 1. The van der Waals surface area contributed by atoms with E-state index >= 15 is 0 Å². The van der Waals surface area contributed by atoms with Crippen LogP contribution in [0.4, 0.5) is 5.69 Å². The fourth-order valence-electron chi connectivity index (χ4n) is 1.61. The van der Waals surface area contributed by atoms with Crippen LogP contribution in [0.2, 0.25) is 0 Å². The van der Waals surface area contributed by atoms with Crippen molar-refractivity contribution in [2.24, 2.45) is 0 Å². The zero-order valence-electron chi connectivity index (χ0n) is 11.4. The Labute approximate surface area is 113 Å². The molecule has 2 N–H and O–H groups in total. The number of ether oxygens (including phenoxy) is 2. The molecule has 0 aliphatic carbocycles. The van der Waals surface area contributed by atoms with Gasteiger partial charge in [-0.1, -0.05) is 0 Å². The topological polar surface area (TPSA) is 67.8 Å². The molecule has 0 spiro atoms. The van der Waals surface area contributed by atoms with E-state index in [0.29, 0.717) is 43.2 Å². The fraction of sp³-hybridized carbons (Fsp3) is 0.500. The van der Waals surface area contributed by atoms with Crippen molar-refractivity contribution < 1.29 is 19.4 Å². The molecule has 0 aromatic heterocycles. The first-order valence-corrected chi connectivity index (χ1v) is 6.45. The SMILES string of the molecule is CCOCCC(=O)Nc1ccc(OCC)c(CO)c1. The second-order valence-electron chi connectivity index (χ2n) is 3.91. The molecular weight excluding hydrogens is 246 g/mol. The van der Waals surface area contributed by atoms with Crippen LogP contribution >= 0.6 is 0 Å². The number of benzene rings is 1. The second kappa shape index (κ2) is 8.50. The molecule has 0 saturated heterocycles. The molecule has 1 amide bonds. The number of amides is 1. The third-order valence-electron chi connectivity index (χ3n) is 2.49. The van der Waals surface area contributed by atoms with Gasteiger partial charge in [0.2, 0.25) is 5.91 Å². The number of nitrogens with one attached hydrogen (secondary N) is 1. The van der Waals surface area contributed by atoms with E-state index < -0.39 is 0 Å². The Bertz CT molecular complexity index is 406. The average molecular weight is 267 g/mol. The van der Waals surface area contributed by atoms with Crippen LogP contribution < -0.4 is 10.1 Å². The highest BCUT2D eigenvalue weighted by Gasteiger charge is 2.07. The van der Waals surface area contributed by atoms with E-state index in [1.165, 1.54) is 0 Å². The third-order valence-corrected chi connectivity index (χ3v) is 2.49. The van der Waals surface area contributed by atoms with Crippen LogP contribution in [0, 0.1) is 0 Å². The molecule has 0 fully saturated rings. The lowest BCUT2D eigenvalue weighted by Gasteiger charge is -2.11. The molecule has 0 aliphatic rings. The van der Waals surface area contributed by atoms with Crippen molar-refractivity contribution in [3.8, 4) is 5.75 Å². The van der Waals surface area contributed by atoms with Crippen LogP contribution in [-0.2, 0) is 16.1 Å². The van der Waals surface area contributed by atoms with Crippen LogP contribution in [0.1, 0.15) is 25.8 Å². The molecule has 0 aliphatic heterocycles. The van der Waals surface area contributed by atoms with Crippen molar-refractivity contribution in [2.75, 3.05) is 25.1 Å². The van der Waals surface area contributed by atoms with E-state index in [1.807, 2.05) is 13.8 Å². The van der Waals surface area contributed by atoms with Gasteiger partial charge in [-0.05, 0) is 32.0 Å². The van der Waals surface area contributed by atoms with Crippen molar-refractivity contribution >= 4 is 11.6 Å². The van der Waals surface area contributed by atoms with E-state index in [4.69, 9.17) is 9.47 Å². The maximum absolute atomic E-state index is 11.6. The minimum Gasteiger partial charge on any atom is -0.494 e. The van der Waals surface area contributed by atoms with Gasteiger partial charge in [-0.3, -0.25) is 4.79 Å². The molecule has 19 heavy (non-hydrogen) atoms. The molecule has 0 radical (unpaired) electrons. The lowest BCUT2D eigenvalue weighted by Crippen LogP contribution is -2.14. The summed E-state index contributed by atoms with van der Waals surface area (Å²) in [6.07, 6.45) is 0.315. The minimum absolute atomic E-state index is 0.110. The van der Waals surface area contributed by atoms with Crippen LogP contribution in [0.5, 0.6) is 5.75 Å². The average Bonchev–Trinajstić information content (AvgIpc) is 2.41. The van der Waals surface area contributed by atoms with Gasteiger partial charge in [0.25, 0.3) is 0 Å². The Morgan fingerprint density at radius 2 is 2.11 bits per heavy atom. The number of carbonyl (C=O) groups is 1. The molecule has 0 bridgehead atoms. The summed E-state index contributed by atoms with van der Waals surface area (Å²) in [5.41, 5.74) is 1.30. The van der Waals surface area contributed by atoms with Crippen molar-refractivity contribution in [1.29, 1.82) is 0 Å². The van der Waals surface area contributed by atoms with Gasteiger partial charge in [0.05, 0.1) is 26.2 Å². The number of hydrogen-bond acceptors (Lipinski definition) is 4. The lowest BCUT2D eigenvalue weighted by molar-refractivity contribution is -0.117. The predicted molar refractivity (Wildman–Crippen MR) is 73.3 cm³/mol. The number of carbonyl (C=O) groups excluding carboxylic acids is 1. The van der Waals surface area contributed by atoms with Crippen LogP contribution in [-0.4, -0.2) is 30.8 Å². The van der Waals surface area contributed by atoms with Crippen LogP contribution in [0.25, 0.3) is 0 Å². The first kappa shape index (κ1) is 15.5. The van der Waals surface area contributed by atoms with E-state index in [9.17, 15) is 9.90 Å². The van der Waals surface area contributed by atoms with Gasteiger partial charge in [0.15, 0.2) is 0 Å². The van der Waals surface area contributed by atoms with E-state index in [1.54, 1.807) is 18.2 Å². The third kappa shape index (κ3) is 5.28. The molecular formula is C14H21NO4. The van der Waals surface area contributed by atoms with E-state index in [2.05, 4.69) is 5.32 Å². The molecule has 106 valence electrons. The predicted octanol–water partition coefficient (Wildman–Crippen LogP) is 1.94. The van der Waals surface area contributed by atoms with Crippen LogP contribution in [0.3, 0.4) is 0 Å². The summed E-state index contributed by atoms with van der Waals surface area (Å²) in [4.78, 5) is 11.6. The Morgan fingerprint density at radius 3 is 2.74 bits per heavy atom. The molecule has 0 atom stereocenters. The molecule has 5 nitrogen and oxygen atoms in total. The van der Waals surface area contributed by atoms with Crippen molar-refractivity contribution in [3.05, 3.63) is 23.8 Å². The number of anilines is 1. The van der Waals surface area contributed by atoms with Gasteiger partial charge in [-0.2, -0.15) is 0 Å². The molecule has 1 aromatic rings. The van der Waals surface area contributed by atoms with E-state index in [-0.39, 0.29) is 12.5 Å². The zero-order chi connectivity index (χ0) is 14.1. The smallest absolute Gasteiger partial charge is 0.226 e. The summed E-state index contributed by atoms with van der Waals surface area (Å²) in [5.74, 6) is 0.527. The Kier molecular flexibility index (Phi) is 6.92. The lowest BCUT2D eigenvalue weighted by atomic mass is 10.2. The second-order valence-corrected chi connectivity index (χ2v) is 3.91. The summed E-state index contributed by atoms with van der Waals surface area (Å²) >= 11 is 0. The highest BCUT2D eigenvalue weighted by Crippen LogP contribution is 2.23. The number of hydrogen-bond donors (Lipinski definition) is 2. The van der Waals surface area contributed by atoms with Crippen LogP contribution in [0.15, 0.2) is 18.2 Å². The quantitative estimate of drug-likeness (QED) is 0.706. The number of rotatable bonds is 8. The van der Waals surface area contributed by atoms with Crippen molar-refractivity contribution in [3.63, 3.8) is 0 Å². The monoisotopic (exact) mass is 267 g/mol. The molecule has 0 saturated carbocycles. The normalized spacial score (nSPS) is 10.3. The van der Waals surface area contributed by atoms with Gasteiger partial charge in [-0.25, -0.2) is 0 Å². The van der Waals surface area contributed by atoms with Crippen molar-refractivity contribution in [1.82, 2.24) is 0 Å². The highest BCUT2D eigenvalue weighted by molar-refractivity contribution is 5.90. The van der Waals surface area contributed by atoms with Gasteiger partial charge in [0.1, 0.15) is 5.75 Å². The molecule has 5 heteroatoms. The van der Waals surface area contributed by atoms with Gasteiger partial charge < -0.3 is 19.9 Å². The fourth-order valence-corrected chi connectivity index (χ4v) is 1.61. The van der Waals surface area contributed by atoms with Crippen molar-refractivity contribution in [2.45, 2.75) is 26.9 Å². The zero-order valence-corrected chi connectivity index (χ0v) is 11.4. The summed E-state index contributed by atoms with van der Waals surface area (Å²) in [7, 11) is 0. The van der Waals surface area contributed by atoms with Gasteiger partial charge in [0, 0.05) is 17.9 Å². The molecule has 0 heterocycles. The first-order chi connectivity index (χ1) is 9.21. The summed E-state index contributed by atoms with van der Waals surface area (Å²) in [5, 5.41) is 12.0. The number of aliphatic hydroxyl groups is 1. The largest absolute Gasteiger partial charge is 0.494 e. The summed E-state index contributed by atoms with van der Waals surface area (Å²) in [6.45, 7) is 5.19. The maximum Gasteiger partial charge on any atom is 0.226 e. The van der Waals surface area contributed by atoms with Gasteiger partial charge in [-0.15, -0.1) is 0 Å². The molecule has 1 aromatic carbocycles. The molecule has 1 rings (SSSR count). The van der Waals surface area contributed by atoms with E-state index in [0.717, 1.165) is 0 Å².